The van der Waals surface area contributed by atoms with Gasteiger partial charge in [-0.05, 0) is 31.5 Å². The first-order chi connectivity index (χ1) is 5.75. The summed E-state index contributed by atoms with van der Waals surface area (Å²) in [6, 6.07) is 4.71. The molecule has 0 fully saturated rings. The second-order valence-electron chi connectivity index (χ2n) is 2.59. The molecule has 2 N–H and O–H groups in total. The molecule has 0 atom stereocenters. The summed E-state index contributed by atoms with van der Waals surface area (Å²) < 4.78 is 13.0. The molecule has 66 valence electrons. The molecule has 0 radical (unpaired) electrons. The Balaban J connectivity index is 2.81. The standard InChI is InChI=1S/C9H11ClFN/c10-8-4-1-5-9(11)7(8)3-2-6-12/h1,4-5H,2-3,6,12H2. The number of nitrogens with two attached hydrogens (primary N) is 1. The molecule has 0 aliphatic heterocycles. The lowest BCUT2D eigenvalue weighted by Gasteiger charge is -2.03. The summed E-state index contributed by atoms with van der Waals surface area (Å²) in [7, 11) is 0. The van der Waals surface area contributed by atoms with Gasteiger partial charge in [-0.3, -0.25) is 0 Å². The van der Waals surface area contributed by atoms with Gasteiger partial charge in [-0.15, -0.1) is 0 Å². The van der Waals surface area contributed by atoms with Crippen LogP contribution in [0.1, 0.15) is 12.0 Å². The van der Waals surface area contributed by atoms with Crippen molar-refractivity contribution in [3.05, 3.63) is 34.6 Å². The first-order valence-electron chi connectivity index (χ1n) is 3.88. The van der Waals surface area contributed by atoms with Crippen molar-refractivity contribution in [1.29, 1.82) is 0 Å². The maximum atomic E-state index is 13.0. The third kappa shape index (κ3) is 2.19. The highest BCUT2D eigenvalue weighted by molar-refractivity contribution is 6.31. The van der Waals surface area contributed by atoms with E-state index in [9.17, 15) is 4.39 Å². The molecule has 1 aromatic rings. The van der Waals surface area contributed by atoms with Crippen LogP contribution < -0.4 is 5.73 Å². The summed E-state index contributed by atoms with van der Waals surface area (Å²) in [5.41, 5.74) is 5.88. The lowest BCUT2D eigenvalue weighted by atomic mass is 10.1. The van der Waals surface area contributed by atoms with Gasteiger partial charge in [0.15, 0.2) is 0 Å². The molecular formula is C9H11ClFN. The molecule has 0 heterocycles. The van der Waals surface area contributed by atoms with Crippen molar-refractivity contribution in [3.63, 3.8) is 0 Å². The molecule has 12 heavy (non-hydrogen) atoms. The smallest absolute Gasteiger partial charge is 0.127 e. The first kappa shape index (κ1) is 9.49. The summed E-state index contributed by atoms with van der Waals surface area (Å²) in [6.45, 7) is 0.560. The van der Waals surface area contributed by atoms with Gasteiger partial charge in [-0.1, -0.05) is 17.7 Å². The van der Waals surface area contributed by atoms with Crippen molar-refractivity contribution in [2.75, 3.05) is 6.54 Å². The van der Waals surface area contributed by atoms with Gasteiger partial charge in [0, 0.05) is 10.6 Å². The van der Waals surface area contributed by atoms with E-state index < -0.39 is 0 Å². The summed E-state index contributed by atoms with van der Waals surface area (Å²) >= 11 is 5.78. The van der Waals surface area contributed by atoms with Crippen LogP contribution in [0, 0.1) is 5.82 Å². The van der Waals surface area contributed by atoms with E-state index in [1.54, 1.807) is 12.1 Å². The van der Waals surface area contributed by atoms with E-state index in [-0.39, 0.29) is 5.82 Å². The van der Waals surface area contributed by atoms with Gasteiger partial charge in [0.2, 0.25) is 0 Å². The Hall–Kier alpha value is -0.600. The Bertz CT molecular complexity index is 242. The van der Waals surface area contributed by atoms with E-state index in [2.05, 4.69) is 0 Å². The topological polar surface area (TPSA) is 26.0 Å². The predicted octanol–water partition coefficient (Wildman–Crippen LogP) is 2.37. The monoisotopic (exact) mass is 187 g/mol. The zero-order valence-corrected chi connectivity index (χ0v) is 7.44. The number of hydrogen-bond donors (Lipinski definition) is 1. The van der Waals surface area contributed by atoms with Gasteiger partial charge < -0.3 is 5.73 Å². The predicted molar refractivity (Wildman–Crippen MR) is 48.8 cm³/mol. The zero-order chi connectivity index (χ0) is 8.97. The van der Waals surface area contributed by atoms with Crippen LogP contribution in [0.5, 0.6) is 0 Å². The normalized spacial score (nSPS) is 10.2. The van der Waals surface area contributed by atoms with E-state index in [1.165, 1.54) is 6.07 Å². The van der Waals surface area contributed by atoms with E-state index in [0.717, 1.165) is 6.42 Å². The van der Waals surface area contributed by atoms with Crippen LogP contribution in [0.25, 0.3) is 0 Å². The molecule has 0 unspecified atom stereocenters. The molecule has 0 saturated heterocycles. The molecule has 0 aromatic heterocycles. The minimum absolute atomic E-state index is 0.240. The molecule has 0 aliphatic carbocycles. The Labute approximate surface area is 76.3 Å². The molecule has 0 spiro atoms. The van der Waals surface area contributed by atoms with Crippen molar-refractivity contribution in [2.45, 2.75) is 12.8 Å². The summed E-state index contributed by atoms with van der Waals surface area (Å²) in [6.07, 6.45) is 1.38. The molecule has 1 rings (SSSR count). The average Bonchev–Trinajstić information content (AvgIpc) is 2.04. The SMILES string of the molecule is NCCCc1c(F)cccc1Cl. The molecule has 1 aromatic carbocycles. The van der Waals surface area contributed by atoms with Crippen molar-refractivity contribution in [3.8, 4) is 0 Å². The highest BCUT2D eigenvalue weighted by Crippen LogP contribution is 2.19. The van der Waals surface area contributed by atoms with Gasteiger partial charge in [0.1, 0.15) is 5.82 Å². The van der Waals surface area contributed by atoms with Gasteiger partial charge in [0.05, 0.1) is 0 Å². The summed E-state index contributed by atoms with van der Waals surface area (Å²) in [4.78, 5) is 0. The van der Waals surface area contributed by atoms with E-state index >= 15 is 0 Å². The van der Waals surface area contributed by atoms with Crippen molar-refractivity contribution < 1.29 is 4.39 Å². The van der Waals surface area contributed by atoms with E-state index in [1.807, 2.05) is 0 Å². The zero-order valence-electron chi connectivity index (χ0n) is 6.69. The first-order valence-corrected chi connectivity index (χ1v) is 4.26. The highest BCUT2D eigenvalue weighted by atomic mass is 35.5. The number of halogens is 2. The molecular weight excluding hydrogens is 177 g/mol. The summed E-state index contributed by atoms with van der Waals surface area (Å²) in [5, 5.41) is 0.489. The fourth-order valence-corrected chi connectivity index (χ4v) is 1.31. The average molecular weight is 188 g/mol. The van der Waals surface area contributed by atoms with Crippen LogP contribution in [0.4, 0.5) is 4.39 Å². The van der Waals surface area contributed by atoms with Crippen molar-refractivity contribution in [1.82, 2.24) is 0 Å². The largest absolute Gasteiger partial charge is 0.330 e. The minimum atomic E-state index is -0.240. The Morgan fingerprint density at radius 3 is 2.75 bits per heavy atom. The van der Waals surface area contributed by atoms with Crippen LogP contribution in [-0.4, -0.2) is 6.54 Å². The summed E-state index contributed by atoms with van der Waals surface area (Å²) in [5.74, 6) is -0.240. The van der Waals surface area contributed by atoms with Crippen LogP contribution in [0.3, 0.4) is 0 Å². The number of benzene rings is 1. The molecule has 0 amide bonds. The fourth-order valence-electron chi connectivity index (χ4n) is 1.05. The third-order valence-corrected chi connectivity index (χ3v) is 2.05. The molecule has 0 bridgehead atoms. The number of rotatable bonds is 3. The number of hydrogen-bond acceptors (Lipinski definition) is 1. The van der Waals surface area contributed by atoms with Crippen molar-refractivity contribution >= 4 is 11.6 Å². The van der Waals surface area contributed by atoms with Crippen molar-refractivity contribution in [2.24, 2.45) is 5.73 Å². The van der Waals surface area contributed by atoms with E-state index in [0.29, 0.717) is 23.6 Å². The Morgan fingerprint density at radius 1 is 1.42 bits per heavy atom. The Kier molecular flexibility index (Phi) is 3.50. The third-order valence-electron chi connectivity index (χ3n) is 1.69. The molecule has 0 aliphatic rings. The molecule has 1 nitrogen and oxygen atoms in total. The fraction of sp³-hybridized carbons (Fsp3) is 0.333. The second kappa shape index (κ2) is 4.43. The Morgan fingerprint density at radius 2 is 2.17 bits per heavy atom. The van der Waals surface area contributed by atoms with Crippen LogP contribution in [-0.2, 0) is 6.42 Å². The van der Waals surface area contributed by atoms with Gasteiger partial charge in [-0.25, -0.2) is 4.39 Å². The van der Waals surface area contributed by atoms with Crippen LogP contribution in [0.2, 0.25) is 5.02 Å². The second-order valence-corrected chi connectivity index (χ2v) is 3.00. The molecule has 3 heteroatoms. The van der Waals surface area contributed by atoms with E-state index in [4.69, 9.17) is 17.3 Å². The van der Waals surface area contributed by atoms with Gasteiger partial charge in [0.25, 0.3) is 0 Å². The maximum absolute atomic E-state index is 13.0. The van der Waals surface area contributed by atoms with Crippen LogP contribution >= 0.6 is 11.6 Å². The lowest BCUT2D eigenvalue weighted by molar-refractivity contribution is 0.605. The van der Waals surface area contributed by atoms with Crippen LogP contribution in [0.15, 0.2) is 18.2 Å². The minimum Gasteiger partial charge on any atom is -0.330 e. The highest BCUT2D eigenvalue weighted by Gasteiger charge is 2.04. The quantitative estimate of drug-likeness (QED) is 0.773. The van der Waals surface area contributed by atoms with Gasteiger partial charge >= 0.3 is 0 Å². The lowest BCUT2D eigenvalue weighted by Crippen LogP contribution is -2.02. The maximum Gasteiger partial charge on any atom is 0.127 e. The van der Waals surface area contributed by atoms with Gasteiger partial charge in [-0.2, -0.15) is 0 Å². The molecule has 0 saturated carbocycles.